The van der Waals surface area contributed by atoms with Gasteiger partial charge in [0.1, 0.15) is 28.2 Å². The molecule has 8 heteroatoms. The number of benzene rings is 1. The maximum Gasteiger partial charge on any atom is 0.237 e. The zero-order valence-electron chi connectivity index (χ0n) is 18.6. The van der Waals surface area contributed by atoms with Gasteiger partial charge in [-0.05, 0) is 61.3 Å². The number of nitrogens with zero attached hydrogens (tertiary/aromatic N) is 2. The van der Waals surface area contributed by atoms with E-state index in [1.165, 1.54) is 40.4 Å². The summed E-state index contributed by atoms with van der Waals surface area (Å²) in [4.78, 5) is 35.2. The first-order chi connectivity index (χ1) is 15.2. The largest absolute Gasteiger partial charge is 0.506 e. The Labute approximate surface area is 195 Å². The SMILES string of the molecule is CC(Sc1ncnc2sc3c(c12)CCC(C(C)(C)C)C3)C(=O)Nc1cc(C=O)ccc1O. The molecule has 2 unspecified atom stereocenters. The van der Waals surface area contributed by atoms with Gasteiger partial charge in [0.05, 0.1) is 10.9 Å². The molecule has 0 bridgehead atoms. The first-order valence-electron chi connectivity index (χ1n) is 10.7. The summed E-state index contributed by atoms with van der Waals surface area (Å²) >= 11 is 3.14. The van der Waals surface area contributed by atoms with E-state index in [-0.39, 0.29) is 22.8 Å². The molecule has 2 atom stereocenters. The molecule has 0 saturated carbocycles. The van der Waals surface area contributed by atoms with Crippen molar-refractivity contribution in [2.75, 3.05) is 5.32 Å². The number of phenols is 1. The molecule has 1 aliphatic carbocycles. The second kappa shape index (κ2) is 8.83. The fourth-order valence-corrected chi connectivity index (χ4v) is 6.37. The number of nitrogens with one attached hydrogen (secondary N) is 1. The number of carbonyl (C=O) groups excluding carboxylic acids is 2. The van der Waals surface area contributed by atoms with E-state index < -0.39 is 5.25 Å². The van der Waals surface area contributed by atoms with Crippen LogP contribution >= 0.6 is 23.1 Å². The Balaban J connectivity index is 1.56. The number of carbonyl (C=O) groups is 2. The van der Waals surface area contributed by atoms with Crippen molar-refractivity contribution in [2.24, 2.45) is 11.3 Å². The topological polar surface area (TPSA) is 92.2 Å². The smallest absolute Gasteiger partial charge is 0.237 e. The summed E-state index contributed by atoms with van der Waals surface area (Å²) in [6.07, 6.45) is 5.45. The Bertz CT molecular complexity index is 1180. The number of fused-ring (bicyclic) bond motifs is 3. The average molecular weight is 470 g/mol. The third-order valence-electron chi connectivity index (χ3n) is 6.11. The van der Waals surface area contributed by atoms with Gasteiger partial charge in [-0.3, -0.25) is 9.59 Å². The molecule has 168 valence electrons. The maximum atomic E-state index is 12.8. The standard InChI is InChI=1S/C24H27N3O3S2/c1-13(21(30)27-17-9-14(11-28)5-8-18(17)29)31-22-20-16-7-6-15(24(2,3)4)10-19(16)32-23(20)26-12-25-22/h5,8-9,11-13,15,29H,6-7,10H2,1-4H3,(H,27,30). The van der Waals surface area contributed by atoms with Gasteiger partial charge in [-0.25, -0.2) is 9.97 Å². The third kappa shape index (κ3) is 4.52. The normalized spacial score (nSPS) is 17.1. The predicted molar refractivity (Wildman–Crippen MR) is 130 cm³/mol. The molecular weight excluding hydrogens is 442 g/mol. The molecule has 0 spiro atoms. The first-order valence-corrected chi connectivity index (χ1v) is 12.4. The van der Waals surface area contributed by atoms with Crippen LogP contribution in [0.15, 0.2) is 29.6 Å². The maximum absolute atomic E-state index is 12.8. The molecular formula is C24H27N3O3S2. The number of anilines is 1. The van der Waals surface area contributed by atoms with Crippen LogP contribution in [0.3, 0.4) is 0 Å². The highest BCUT2D eigenvalue weighted by molar-refractivity contribution is 8.00. The van der Waals surface area contributed by atoms with Crippen molar-refractivity contribution >= 4 is 51.2 Å². The zero-order chi connectivity index (χ0) is 23.0. The minimum absolute atomic E-state index is 0.0779. The molecule has 2 aromatic heterocycles. The van der Waals surface area contributed by atoms with Crippen molar-refractivity contribution < 1.29 is 14.7 Å². The van der Waals surface area contributed by atoms with Crippen LogP contribution < -0.4 is 5.32 Å². The fourth-order valence-electron chi connectivity index (χ4n) is 4.09. The number of thiophene rings is 1. The van der Waals surface area contributed by atoms with Crippen LogP contribution in [0.25, 0.3) is 10.2 Å². The number of rotatable bonds is 5. The Hall–Kier alpha value is -2.45. The van der Waals surface area contributed by atoms with Gasteiger partial charge in [0, 0.05) is 15.8 Å². The molecule has 0 fully saturated rings. The van der Waals surface area contributed by atoms with Gasteiger partial charge in [-0.15, -0.1) is 11.3 Å². The van der Waals surface area contributed by atoms with E-state index >= 15 is 0 Å². The lowest BCUT2D eigenvalue weighted by Gasteiger charge is -2.33. The molecule has 2 N–H and O–H groups in total. The molecule has 0 radical (unpaired) electrons. The molecule has 1 aromatic carbocycles. The van der Waals surface area contributed by atoms with E-state index in [4.69, 9.17) is 0 Å². The summed E-state index contributed by atoms with van der Waals surface area (Å²) in [5.41, 5.74) is 2.21. The van der Waals surface area contributed by atoms with Crippen LogP contribution in [0, 0.1) is 11.3 Å². The number of aldehydes is 1. The number of aryl methyl sites for hydroxylation is 1. The van der Waals surface area contributed by atoms with Crippen LogP contribution in [-0.2, 0) is 17.6 Å². The minimum atomic E-state index is -0.450. The number of thioether (sulfide) groups is 1. The lowest BCUT2D eigenvalue weighted by atomic mass is 9.72. The van der Waals surface area contributed by atoms with Crippen molar-refractivity contribution in [3.8, 4) is 5.75 Å². The summed E-state index contributed by atoms with van der Waals surface area (Å²) in [6.45, 7) is 8.73. The molecule has 6 nitrogen and oxygen atoms in total. The number of hydrogen-bond acceptors (Lipinski definition) is 7. The highest BCUT2D eigenvalue weighted by atomic mass is 32.2. The van der Waals surface area contributed by atoms with Gasteiger partial charge in [0.2, 0.25) is 5.91 Å². The Morgan fingerprint density at radius 3 is 2.84 bits per heavy atom. The predicted octanol–water partition coefficient (Wildman–Crippen LogP) is 5.48. The summed E-state index contributed by atoms with van der Waals surface area (Å²) in [7, 11) is 0. The van der Waals surface area contributed by atoms with Crippen molar-refractivity contribution in [3.05, 3.63) is 40.5 Å². The van der Waals surface area contributed by atoms with Gasteiger partial charge in [0.25, 0.3) is 0 Å². The van der Waals surface area contributed by atoms with E-state index in [2.05, 4.69) is 36.1 Å². The number of phenolic OH excluding ortho intramolecular Hbond substituents is 1. The lowest BCUT2D eigenvalue weighted by Crippen LogP contribution is -2.26. The summed E-state index contributed by atoms with van der Waals surface area (Å²) in [5, 5.41) is 14.2. The first kappa shape index (κ1) is 22.7. The van der Waals surface area contributed by atoms with E-state index in [1.807, 2.05) is 6.92 Å². The van der Waals surface area contributed by atoms with Crippen molar-refractivity contribution in [1.82, 2.24) is 9.97 Å². The number of aromatic nitrogens is 2. The molecule has 0 saturated heterocycles. The van der Waals surface area contributed by atoms with E-state index in [1.54, 1.807) is 17.7 Å². The van der Waals surface area contributed by atoms with Crippen LogP contribution in [0.1, 0.15) is 54.9 Å². The van der Waals surface area contributed by atoms with Crippen LogP contribution in [0.4, 0.5) is 5.69 Å². The van der Waals surface area contributed by atoms with Gasteiger partial charge in [-0.2, -0.15) is 0 Å². The van der Waals surface area contributed by atoms with Gasteiger partial charge in [-0.1, -0.05) is 32.5 Å². The Kier molecular flexibility index (Phi) is 6.27. The zero-order valence-corrected chi connectivity index (χ0v) is 20.3. The third-order valence-corrected chi connectivity index (χ3v) is 8.37. The number of amides is 1. The summed E-state index contributed by atoms with van der Waals surface area (Å²) < 4.78 is 0. The highest BCUT2D eigenvalue weighted by Crippen LogP contribution is 2.45. The second-order valence-electron chi connectivity index (χ2n) is 9.31. The van der Waals surface area contributed by atoms with Crippen molar-refractivity contribution in [3.63, 3.8) is 0 Å². The van der Waals surface area contributed by atoms with Crippen LogP contribution in [-0.4, -0.2) is 32.5 Å². The monoisotopic (exact) mass is 469 g/mol. The van der Waals surface area contributed by atoms with Gasteiger partial charge < -0.3 is 10.4 Å². The molecule has 4 rings (SSSR count). The second-order valence-corrected chi connectivity index (χ2v) is 11.7. The minimum Gasteiger partial charge on any atom is -0.506 e. The molecule has 1 aliphatic rings. The molecule has 1 amide bonds. The number of hydrogen-bond donors (Lipinski definition) is 2. The van der Waals surface area contributed by atoms with Crippen LogP contribution in [0.5, 0.6) is 5.75 Å². The van der Waals surface area contributed by atoms with E-state index in [0.29, 0.717) is 17.8 Å². The van der Waals surface area contributed by atoms with E-state index in [9.17, 15) is 14.7 Å². The summed E-state index contributed by atoms with van der Waals surface area (Å²) in [5.74, 6) is 0.300. The molecule has 0 aliphatic heterocycles. The van der Waals surface area contributed by atoms with E-state index in [0.717, 1.165) is 34.5 Å². The highest BCUT2D eigenvalue weighted by Gasteiger charge is 2.32. The lowest BCUT2D eigenvalue weighted by molar-refractivity contribution is -0.115. The van der Waals surface area contributed by atoms with Crippen LogP contribution in [0.2, 0.25) is 0 Å². The van der Waals surface area contributed by atoms with Crippen molar-refractivity contribution in [2.45, 2.75) is 57.2 Å². The molecule has 3 aromatic rings. The Morgan fingerprint density at radius 2 is 2.12 bits per heavy atom. The fraction of sp³-hybridized carbons (Fsp3) is 0.417. The molecule has 2 heterocycles. The average Bonchev–Trinajstić information content (AvgIpc) is 3.13. The van der Waals surface area contributed by atoms with Crippen molar-refractivity contribution in [1.29, 1.82) is 0 Å². The quantitative estimate of drug-likeness (QED) is 0.222. The Morgan fingerprint density at radius 1 is 1.34 bits per heavy atom. The van der Waals surface area contributed by atoms with Gasteiger partial charge >= 0.3 is 0 Å². The van der Waals surface area contributed by atoms with Gasteiger partial charge in [0.15, 0.2) is 0 Å². The number of aromatic hydroxyl groups is 1. The molecule has 32 heavy (non-hydrogen) atoms. The summed E-state index contributed by atoms with van der Waals surface area (Å²) in [6, 6.07) is 4.35.